The summed E-state index contributed by atoms with van der Waals surface area (Å²) in [6.45, 7) is 20.0. The molecule has 0 unspecified atom stereocenters. The van der Waals surface area contributed by atoms with Gasteiger partial charge in [0, 0.05) is 0 Å². The van der Waals surface area contributed by atoms with Crippen LogP contribution in [0.4, 0.5) is 0 Å². The Morgan fingerprint density at radius 2 is 1.25 bits per heavy atom. The molecule has 0 saturated heterocycles. The van der Waals surface area contributed by atoms with Crippen molar-refractivity contribution < 1.29 is 13.3 Å². The molecule has 0 aliphatic heterocycles. The monoisotopic (exact) mass is 240 g/mol. The Morgan fingerprint density at radius 1 is 0.938 bits per heavy atom. The van der Waals surface area contributed by atoms with Gasteiger partial charge in [0.15, 0.2) is 0 Å². The van der Waals surface area contributed by atoms with E-state index in [1.165, 1.54) is 0 Å². The van der Waals surface area contributed by atoms with Gasteiger partial charge in [0.1, 0.15) is 0 Å². The van der Waals surface area contributed by atoms with Crippen molar-refractivity contribution >= 4 is 8.80 Å². The van der Waals surface area contributed by atoms with Gasteiger partial charge in [-0.05, 0) is 20.8 Å². The first-order valence-electron chi connectivity index (χ1n) is 4.96. The molecular weight excluding hydrogens is 220 g/mol. The smallest absolute Gasteiger partial charge is 0.488 e. The fourth-order valence-corrected chi connectivity index (χ4v) is 3.48. The summed E-state index contributed by atoms with van der Waals surface area (Å²) >= 11 is 0. The van der Waals surface area contributed by atoms with Gasteiger partial charge in [0.2, 0.25) is 0 Å². The quantitative estimate of drug-likeness (QED) is 0.367. The van der Waals surface area contributed by atoms with E-state index in [1.54, 1.807) is 26.8 Å². The largest absolute Gasteiger partial charge is 0.702 e. The van der Waals surface area contributed by atoms with Gasteiger partial charge in [-0.3, -0.25) is 0 Å². The predicted octanol–water partition coefficient (Wildman–Crippen LogP) is 3.76. The second-order valence-corrected chi connectivity index (χ2v) is 5.97. The Morgan fingerprint density at radius 3 is 1.44 bits per heavy atom. The number of rotatable bonds is 8. The summed E-state index contributed by atoms with van der Waals surface area (Å²) in [6, 6.07) is 0.472. The molecule has 0 rings (SSSR count). The first kappa shape index (κ1) is 14.6. The minimum absolute atomic E-state index is 0.472. The third kappa shape index (κ3) is 5.46. The Balaban J connectivity index is 5.00. The van der Waals surface area contributed by atoms with Crippen LogP contribution in [0, 0.1) is 0 Å². The van der Waals surface area contributed by atoms with Crippen LogP contribution < -0.4 is 0 Å². The van der Waals surface area contributed by atoms with Crippen LogP contribution in [0.2, 0.25) is 6.04 Å². The van der Waals surface area contributed by atoms with Gasteiger partial charge in [-0.2, -0.15) is 0 Å². The van der Waals surface area contributed by atoms with E-state index in [0.717, 1.165) is 0 Å². The fourth-order valence-electron chi connectivity index (χ4n) is 1.16. The highest BCUT2D eigenvalue weighted by atomic mass is 28.4. The average molecular weight is 240 g/mol. The van der Waals surface area contributed by atoms with E-state index in [1.807, 2.05) is 0 Å². The molecule has 0 aliphatic rings. The van der Waals surface area contributed by atoms with Crippen LogP contribution in [0.5, 0.6) is 0 Å². The topological polar surface area (TPSA) is 27.7 Å². The summed E-state index contributed by atoms with van der Waals surface area (Å²) in [6.07, 6.45) is 1.70. The molecule has 0 radical (unpaired) electrons. The van der Waals surface area contributed by atoms with Gasteiger partial charge in [-0.25, -0.2) is 0 Å². The molecule has 0 N–H and O–H groups in total. The molecule has 0 aromatic carbocycles. The van der Waals surface area contributed by atoms with Gasteiger partial charge in [0.05, 0.1) is 23.3 Å². The lowest BCUT2D eigenvalue weighted by Crippen LogP contribution is -2.43. The van der Waals surface area contributed by atoms with E-state index in [-0.39, 0.29) is 0 Å². The molecule has 0 amide bonds. The average Bonchev–Trinajstić information content (AvgIpc) is 1.98. The first-order chi connectivity index (χ1) is 7.31. The highest BCUT2D eigenvalue weighted by molar-refractivity contribution is 6.62. The highest BCUT2D eigenvalue weighted by Crippen LogP contribution is 2.24. The molecule has 0 fully saturated rings. The van der Waals surface area contributed by atoms with E-state index in [2.05, 4.69) is 26.3 Å². The lowest BCUT2D eigenvalue weighted by atomic mass is 10.7. The zero-order valence-corrected chi connectivity index (χ0v) is 11.3. The standard InChI is InChI=1S/C12H20O3Si/c1-8-9-16(13-10(2)3,14-11(4)5)15-12(6)7/h8H,1-2,4,6,9H2,3,5,7H3. The zero-order valence-electron chi connectivity index (χ0n) is 10.3. The van der Waals surface area contributed by atoms with Crippen LogP contribution in [-0.2, 0) is 13.3 Å². The van der Waals surface area contributed by atoms with Gasteiger partial charge < -0.3 is 13.3 Å². The van der Waals surface area contributed by atoms with Crippen molar-refractivity contribution in [3.8, 4) is 0 Å². The van der Waals surface area contributed by atoms with Crippen molar-refractivity contribution in [1.82, 2.24) is 0 Å². The Kier molecular flexibility index (Phi) is 5.67. The Bertz CT molecular complexity index is 267. The van der Waals surface area contributed by atoms with Crippen molar-refractivity contribution in [1.29, 1.82) is 0 Å². The van der Waals surface area contributed by atoms with Crippen molar-refractivity contribution in [3.63, 3.8) is 0 Å². The van der Waals surface area contributed by atoms with Gasteiger partial charge in [-0.1, -0.05) is 25.8 Å². The van der Waals surface area contributed by atoms with Gasteiger partial charge in [0.25, 0.3) is 0 Å². The van der Waals surface area contributed by atoms with E-state index >= 15 is 0 Å². The zero-order chi connectivity index (χ0) is 12.8. The molecule has 16 heavy (non-hydrogen) atoms. The Labute approximate surface area is 99.1 Å². The maximum absolute atomic E-state index is 5.61. The molecule has 0 spiro atoms. The molecule has 0 heterocycles. The lowest BCUT2D eigenvalue weighted by molar-refractivity contribution is 0.148. The first-order valence-corrected chi connectivity index (χ1v) is 6.89. The molecule has 4 heteroatoms. The molecule has 90 valence electrons. The molecular formula is C12H20O3Si. The number of hydrogen-bond acceptors (Lipinski definition) is 3. The van der Waals surface area contributed by atoms with Crippen LogP contribution in [0.1, 0.15) is 20.8 Å². The maximum Gasteiger partial charge on any atom is 0.702 e. The van der Waals surface area contributed by atoms with Crippen molar-refractivity contribution in [2.45, 2.75) is 26.8 Å². The molecule has 0 aliphatic carbocycles. The minimum atomic E-state index is -2.90. The normalized spacial score (nSPS) is 10.2. The summed E-state index contributed by atoms with van der Waals surface area (Å²) in [4.78, 5) is 0. The minimum Gasteiger partial charge on any atom is -0.488 e. The van der Waals surface area contributed by atoms with Crippen LogP contribution in [-0.4, -0.2) is 8.80 Å². The van der Waals surface area contributed by atoms with Gasteiger partial charge >= 0.3 is 8.80 Å². The molecule has 0 saturated carbocycles. The second-order valence-electron chi connectivity index (χ2n) is 3.59. The summed E-state index contributed by atoms with van der Waals surface area (Å²) in [5, 5.41) is 0. The summed E-state index contributed by atoms with van der Waals surface area (Å²) in [5.74, 6) is 1.61. The SMILES string of the molecule is C=CC[Si](OC(=C)C)(OC(=C)C)OC(=C)C. The lowest BCUT2D eigenvalue weighted by Gasteiger charge is -2.29. The Hall–Kier alpha value is -1.42. The van der Waals surface area contributed by atoms with Crippen LogP contribution in [0.15, 0.2) is 49.7 Å². The van der Waals surface area contributed by atoms with Gasteiger partial charge in [-0.15, -0.1) is 6.58 Å². The highest BCUT2D eigenvalue weighted by Gasteiger charge is 2.47. The fraction of sp³-hybridized carbons (Fsp3) is 0.333. The van der Waals surface area contributed by atoms with E-state index in [0.29, 0.717) is 23.3 Å². The van der Waals surface area contributed by atoms with Crippen LogP contribution in [0.25, 0.3) is 0 Å². The van der Waals surface area contributed by atoms with E-state index in [4.69, 9.17) is 13.3 Å². The molecule has 0 atom stereocenters. The summed E-state index contributed by atoms with van der Waals surface area (Å²) < 4.78 is 16.8. The van der Waals surface area contributed by atoms with Crippen LogP contribution in [0.3, 0.4) is 0 Å². The molecule has 3 nitrogen and oxygen atoms in total. The van der Waals surface area contributed by atoms with Crippen molar-refractivity contribution in [2.24, 2.45) is 0 Å². The maximum atomic E-state index is 5.61. The van der Waals surface area contributed by atoms with E-state index in [9.17, 15) is 0 Å². The van der Waals surface area contributed by atoms with E-state index < -0.39 is 8.80 Å². The molecule has 0 aromatic rings. The third-order valence-corrected chi connectivity index (χ3v) is 4.15. The number of hydrogen-bond donors (Lipinski definition) is 0. The van der Waals surface area contributed by atoms with Crippen molar-refractivity contribution in [3.05, 3.63) is 49.7 Å². The second kappa shape index (κ2) is 6.22. The number of allylic oxidation sites excluding steroid dienone is 4. The summed E-state index contributed by atoms with van der Waals surface area (Å²) in [7, 11) is -2.90. The summed E-state index contributed by atoms with van der Waals surface area (Å²) in [5.41, 5.74) is 0. The predicted molar refractivity (Wildman–Crippen MR) is 68.5 cm³/mol. The third-order valence-electron chi connectivity index (χ3n) is 1.38. The molecule has 0 aromatic heterocycles. The molecule has 0 bridgehead atoms. The van der Waals surface area contributed by atoms with Crippen LogP contribution >= 0.6 is 0 Å². The van der Waals surface area contributed by atoms with Crippen molar-refractivity contribution in [2.75, 3.05) is 0 Å².